The third kappa shape index (κ3) is 6.69. The number of nitrogens with zero attached hydrogens (tertiary/aromatic N) is 2. The number of alkyl halides is 6. The van der Waals surface area contributed by atoms with Crippen LogP contribution in [0.1, 0.15) is 44.5 Å². The molecular weight excluding hydrogens is 478 g/mol. The summed E-state index contributed by atoms with van der Waals surface area (Å²) in [7, 11) is 0. The Morgan fingerprint density at radius 2 is 0.889 bits per heavy atom. The lowest BCUT2D eigenvalue weighted by molar-refractivity contribution is -0.138. The van der Waals surface area contributed by atoms with E-state index in [1.165, 1.54) is 24.3 Å². The average Bonchev–Trinajstić information content (AvgIpc) is 2.82. The maximum absolute atomic E-state index is 12.8. The SMILES string of the molecule is N#CCc1cc(CC#N)c(C#Cc2ccc(C(F)(F)F)cc2)cc1C#Cc1ccc(C(F)(F)F)cc1. The van der Waals surface area contributed by atoms with Crippen molar-refractivity contribution in [1.29, 1.82) is 10.5 Å². The van der Waals surface area contributed by atoms with E-state index in [2.05, 4.69) is 23.7 Å². The fourth-order valence-electron chi connectivity index (χ4n) is 3.16. The summed E-state index contributed by atoms with van der Waals surface area (Å²) in [6.07, 6.45) is -8.99. The lowest BCUT2D eigenvalue weighted by Gasteiger charge is -2.07. The molecule has 8 heteroatoms. The topological polar surface area (TPSA) is 47.6 Å². The second-order valence-corrected chi connectivity index (χ2v) is 7.49. The number of halogens is 6. The molecule has 3 aromatic carbocycles. The first-order valence-corrected chi connectivity index (χ1v) is 10.3. The Hall–Kier alpha value is -4.66. The number of nitriles is 2. The van der Waals surface area contributed by atoms with Gasteiger partial charge in [-0.2, -0.15) is 36.9 Å². The van der Waals surface area contributed by atoms with Crippen molar-refractivity contribution < 1.29 is 26.3 Å². The van der Waals surface area contributed by atoms with Crippen molar-refractivity contribution in [3.63, 3.8) is 0 Å². The molecule has 0 N–H and O–H groups in total. The molecule has 0 aliphatic rings. The van der Waals surface area contributed by atoms with Gasteiger partial charge in [-0.25, -0.2) is 0 Å². The number of benzene rings is 3. The predicted molar refractivity (Wildman–Crippen MR) is 120 cm³/mol. The second-order valence-electron chi connectivity index (χ2n) is 7.49. The van der Waals surface area contributed by atoms with E-state index in [9.17, 15) is 36.9 Å². The summed E-state index contributed by atoms with van der Waals surface area (Å²) < 4.78 is 76.6. The van der Waals surface area contributed by atoms with Crippen molar-refractivity contribution in [3.05, 3.63) is 105 Å². The van der Waals surface area contributed by atoms with Gasteiger partial charge >= 0.3 is 12.4 Å². The number of hydrogen-bond acceptors (Lipinski definition) is 2. The van der Waals surface area contributed by atoms with Crippen molar-refractivity contribution in [2.45, 2.75) is 25.2 Å². The maximum atomic E-state index is 12.8. The monoisotopic (exact) mass is 492 g/mol. The molecule has 0 saturated carbocycles. The lowest BCUT2D eigenvalue weighted by atomic mass is 9.95. The smallest absolute Gasteiger partial charge is 0.198 e. The van der Waals surface area contributed by atoms with E-state index in [0.717, 1.165) is 24.3 Å². The molecule has 3 aromatic rings. The fraction of sp³-hybridized carbons (Fsp3) is 0.143. The summed E-state index contributed by atoms with van der Waals surface area (Å²) in [5, 5.41) is 18.4. The molecule has 0 heterocycles. The van der Waals surface area contributed by atoms with E-state index < -0.39 is 23.5 Å². The summed E-state index contributed by atoms with van der Waals surface area (Å²) in [5.74, 6) is 11.2. The lowest BCUT2D eigenvalue weighted by Crippen LogP contribution is -2.04. The van der Waals surface area contributed by atoms with Gasteiger partial charge in [-0.15, -0.1) is 0 Å². The van der Waals surface area contributed by atoms with Gasteiger partial charge in [0.25, 0.3) is 0 Å². The molecule has 36 heavy (non-hydrogen) atoms. The minimum absolute atomic E-state index is 0.0257. The first kappa shape index (κ1) is 26.0. The number of hydrogen-bond donors (Lipinski definition) is 0. The molecule has 3 rings (SSSR count). The van der Waals surface area contributed by atoms with E-state index in [1.807, 2.05) is 12.1 Å². The minimum Gasteiger partial charge on any atom is -0.198 e. The van der Waals surface area contributed by atoms with Crippen LogP contribution in [0, 0.1) is 46.3 Å². The van der Waals surface area contributed by atoms with Gasteiger partial charge in [0.15, 0.2) is 0 Å². The molecule has 0 aliphatic carbocycles. The molecule has 178 valence electrons. The molecule has 2 nitrogen and oxygen atoms in total. The van der Waals surface area contributed by atoms with Crippen LogP contribution in [0.15, 0.2) is 60.7 Å². The Kier molecular flexibility index (Phi) is 7.73. The van der Waals surface area contributed by atoms with Crippen molar-refractivity contribution >= 4 is 0 Å². The largest absolute Gasteiger partial charge is 0.416 e. The molecule has 0 saturated heterocycles. The van der Waals surface area contributed by atoms with Crippen LogP contribution in [0.25, 0.3) is 0 Å². The van der Waals surface area contributed by atoms with Crippen LogP contribution in [-0.4, -0.2) is 0 Å². The van der Waals surface area contributed by atoms with Crippen LogP contribution < -0.4 is 0 Å². The van der Waals surface area contributed by atoms with Gasteiger partial charge in [0.1, 0.15) is 0 Å². The van der Waals surface area contributed by atoms with Gasteiger partial charge in [-0.3, -0.25) is 0 Å². The summed E-state index contributed by atoms with van der Waals surface area (Å²) in [6, 6.07) is 15.8. The van der Waals surface area contributed by atoms with Crippen LogP contribution in [0.4, 0.5) is 26.3 Å². The van der Waals surface area contributed by atoms with Crippen LogP contribution in [-0.2, 0) is 25.2 Å². The first-order valence-electron chi connectivity index (χ1n) is 10.3. The highest BCUT2D eigenvalue weighted by Crippen LogP contribution is 2.30. The average molecular weight is 492 g/mol. The van der Waals surface area contributed by atoms with E-state index in [-0.39, 0.29) is 12.8 Å². The Morgan fingerprint density at radius 3 is 1.19 bits per heavy atom. The third-order valence-corrected chi connectivity index (χ3v) is 4.98. The van der Waals surface area contributed by atoms with Gasteiger partial charge in [0.05, 0.1) is 36.1 Å². The summed E-state index contributed by atoms with van der Waals surface area (Å²) >= 11 is 0. The minimum atomic E-state index is -4.47. The Labute approximate surface area is 203 Å². The van der Waals surface area contributed by atoms with Gasteiger partial charge in [-0.1, -0.05) is 29.7 Å². The standard InChI is InChI=1S/C28H14F6N2/c29-27(30,31)25-9-3-19(4-10-25)1-7-21-17-22(24(14-16-36)18-23(21)13-15-35)8-2-20-5-11-26(12-6-20)28(32,33)34/h3-6,9-12,17-18H,13-14H2. The first-order chi connectivity index (χ1) is 17.0. The molecule has 0 bridgehead atoms. The predicted octanol–water partition coefficient (Wildman–Crippen LogP) is 6.66. The van der Waals surface area contributed by atoms with Gasteiger partial charge in [0.2, 0.25) is 0 Å². The molecule has 0 amide bonds. The highest BCUT2D eigenvalue weighted by Gasteiger charge is 2.30. The van der Waals surface area contributed by atoms with Gasteiger partial charge in [-0.05, 0) is 65.7 Å². The van der Waals surface area contributed by atoms with E-state index in [1.54, 1.807) is 12.1 Å². The summed E-state index contributed by atoms with van der Waals surface area (Å²) in [6.45, 7) is 0. The zero-order valence-corrected chi connectivity index (χ0v) is 18.3. The van der Waals surface area contributed by atoms with Crippen molar-refractivity contribution in [3.8, 4) is 35.8 Å². The molecule has 0 spiro atoms. The third-order valence-electron chi connectivity index (χ3n) is 4.98. The molecule has 0 aromatic heterocycles. The Bertz CT molecular complexity index is 1350. The van der Waals surface area contributed by atoms with Crippen LogP contribution in [0.3, 0.4) is 0 Å². The van der Waals surface area contributed by atoms with Gasteiger partial charge in [0, 0.05) is 22.3 Å². The quantitative estimate of drug-likeness (QED) is 0.297. The second kappa shape index (κ2) is 10.7. The van der Waals surface area contributed by atoms with Crippen molar-refractivity contribution in [1.82, 2.24) is 0 Å². The van der Waals surface area contributed by atoms with Crippen molar-refractivity contribution in [2.75, 3.05) is 0 Å². The molecule has 0 radical (unpaired) electrons. The zero-order chi connectivity index (χ0) is 26.3. The van der Waals surface area contributed by atoms with Crippen LogP contribution >= 0.6 is 0 Å². The molecular formula is C28H14F6N2. The molecule has 0 atom stereocenters. The maximum Gasteiger partial charge on any atom is 0.416 e. The summed E-state index contributed by atoms with van der Waals surface area (Å²) in [4.78, 5) is 0. The van der Waals surface area contributed by atoms with Crippen LogP contribution in [0.2, 0.25) is 0 Å². The van der Waals surface area contributed by atoms with E-state index in [0.29, 0.717) is 33.4 Å². The number of rotatable bonds is 2. The van der Waals surface area contributed by atoms with Crippen molar-refractivity contribution in [2.24, 2.45) is 0 Å². The normalized spacial score (nSPS) is 10.8. The van der Waals surface area contributed by atoms with Gasteiger partial charge < -0.3 is 0 Å². The van der Waals surface area contributed by atoms with E-state index >= 15 is 0 Å². The molecule has 0 unspecified atom stereocenters. The molecule has 0 aliphatic heterocycles. The highest BCUT2D eigenvalue weighted by atomic mass is 19.4. The fourth-order valence-corrected chi connectivity index (χ4v) is 3.16. The highest BCUT2D eigenvalue weighted by molar-refractivity contribution is 5.57. The summed E-state index contributed by atoms with van der Waals surface area (Å²) in [5.41, 5.74) is 0.864. The zero-order valence-electron chi connectivity index (χ0n) is 18.3. The Balaban J connectivity index is 2.01. The van der Waals surface area contributed by atoms with E-state index in [4.69, 9.17) is 0 Å². The van der Waals surface area contributed by atoms with Crippen LogP contribution in [0.5, 0.6) is 0 Å². The molecule has 0 fully saturated rings. The Morgan fingerprint density at radius 1 is 0.528 bits per heavy atom.